The summed E-state index contributed by atoms with van der Waals surface area (Å²) in [6.45, 7) is -0.0668. The van der Waals surface area contributed by atoms with Crippen LogP contribution in [0.4, 0.5) is 0 Å². The first-order valence-electron chi connectivity index (χ1n) is 10.0. The third-order valence-electron chi connectivity index (χ3n) is 5.36. The monoisotopic (exact) mass is 387 g/mol. The van der Waals surface area contributed by atoms with E-state index < -0.39 is 6.10 Å². The predicted octanol–water partition coefficient (Wildman–Crippen LogP) is 4.34. The molecule has 0 aliphatic heterocycles. The van der Waals surface area contributed by atoms with Crippen LogP contribution in [0.15, 0.2) is 78.9 Å². The Bertz CT molecular complexity index is 917. The third-order valence-corrected chi connectivity index (χ3v) is 5.36. The SMILES string of the molecule is O=C(COc1cccc2c1CCCC2O)NC(c1ccccc1)c1ccccc1. The normalized spacial score (nSPS) is 15.6. The van der Waals surface area contributed by atoms with Crippen molar-refractivity contribution in [2.24, 2.45) is 0 Å². The maximum Gasteiger partial charge on any atom is 0.258 e. The van der Waals surface area contributed by atoms with Gasteiger partial charge in [0.2, 0.25) is 0 Å². The molecule has 4 rings (SSSR count). The molecule has 1 aliphatic carbocycles. The average molecular weight is 387 g/mol. The van der Waals surface area contributed by atoms with E-state index in [-0.39, 0.29) is 18.6 Å². The second-order valence-corrected chi connectivity index (χ2v) is 7.34. The molecule has 0 saturated carbocycles. The second-order valence-electron chi connectivity index (χ2n) is 7.34. The largest absolute Gasteiger partial charge is 0.483 e. The molecule has 4 nitrogen and oxygen atoms in total. The van der Waals surface area contributed by atoms with E-state index in [2.05, 4.69) is 5.32 Å². The van der Waals surface area contributed by atoms with Crippen molar-refractivity contribution < 1.29 is 14.6 Å². The van der Waals surface area contributed by atoms with Crippen molar-refractivity contribution >= 4 is 5.91 Å². The number of hydrogen-bond acceptors (Lipinski definition) is 3. The Hall–Kier alpha value is -3.11. The number of rotatable bonds is 6. The van der Waals surface area contributed by atoms with Gasteiger partial charge in [0.1, 0.15) is 5.75 Å². The molecule has 0 radical (unpaired) electrons. The van der Waals surface area contributed by atoms with Crippen LogP contribution < -0.4 is 10.1 Å². The zero-order valence-electron chi connectivity index (χ0n) is 16.3. The van der Waals surface area contributed by atoms with Crippen molar-refractivity contribution in [3.8, 4) is 5.75 Å². The molecule has 0 saturated heterocycles. The zero-order chi connectivity index (χ0) is 20.1. The minimum absolute atomic E-state index is 0.0668. The first-order valence-corrected chi connectivity index (χ1v) is 10.0. The Morgan fingerprint density at radius 1 is 0.966 bits per heavy atom. The maximum atomic E-state index is 12.7. The highest BCUT2D eigenvalue weighted by Crippen LogP contribution is 2.35. The Labute approximate surface area is 171 Å². The van der Waals surface area contributed by atoms with Gasteiger partial charge < -0.3 is 15.2 Å². The van der Waals surface area contributed by atoms with Crippen LogP contribution in [0.2, 0.25) is 0 Å². The van der Waals surface area contributed by atoms with E-state index in [1.165, 1.54) is 0 Å². The Balaban J connectivity index is 1.48. The number of amides is 1. The molecule has 0 fully saturated rings. The molecule has 29 heavy (non-hydrogen) atoms. The molecule has 0 spiro atoms. The van der Waals surface area contributed by atoms with Crippen LogP contribution in [0.5, 0.6) is 5.75 Å². The lowest BCUT2D eigenvalue weighted by Crippen LogP contribution is -2.33. The predicted molar refractivity (Wildman–Crippen MR) is 113 cm³/mol. The lowest BCUT2D eigenvalue weighted by atomic mass is 9.89. The summed E-state index contributed by atoms with van der Waals surface area (Å²) < 4.78 is 5.86. The Morgan fingerprint density at radius 2 is 1.62 bits per heavy atom. The number of aliphatic hydroxyl groups is 1. The maximum absolute atomic E-state index is 12.7. The molecule has 1 unspecified atom stereocenters. The molecule has 3 aromatic rings. The van der Waals surface area contributed by atoms with Gasteiger partial charge in [0.15, 0.2) is 6.61 Å². The van der Waals surface area contributed by atoms with Crippen molar-refractivity contribution in [1.82, 2.24) is 5.32 Å². The van der Waals surface area contributed by atoms with Crippen LogP contribution in [0.1, 0.15) is 47.2 Å². The van der Waals surface area contributed by atoms with Gasteiger partial charge in [0.25, 0.3) is 5.91 Å². The molecule has 2 N–H and O–H groups in total. The highest BCUT2D eigenvalue weighted by atomic mass is 16.5. The van der Waals surface area contributed by atoms with Crippen LogP contribution >= 0.6 is 0 Å². The third kappa shape index (κ3) is 4.49. The number of fused-ring (bicyclic) bond motifs is 1. The van der Waals surface area contributed by atoms with Crippen LogP contribution in [-0.4, -0.2) is 17.6 Å². The number of carbonyl (C=O) groups is 1. The number of carbonyl (C=O) groups excluding carboxylic acids is 1. The van der Waals surface area contributed by atoms with Gasteiger partial charge in [0, 0.05) is 0 Å². The van der Waals surface area contributed by atoms with Crippen molar-refractivity contribution in [2.45, 2.75) is 31.4 Å². The highest BCUT2D eigenvalue weighted by molar-refractivity contribution is 5.78. The fourth-order valence-corrected chi connectivity index (χ4v) is 3.92. The molecule has 4 heteroatoms. The molecule has 0 heterocycles. The number of nitrogens with one attached hydrogen (secondary N) is 1. The molecule has 0 bridgehead atoms. The molecule has 1 aliphatic rings. The van der Waals surface area contributed by atoms with Gasteiger partial charge in [-0.2, -0.15) is 0 Å². The van der Waals surface area contributed by atoms with E-state index >= 15 is 0 Å². The summed E-state index contributed by atoms with van der Waals surface area (Å²) in [5, 5.41) is 13.3. The quantitative estimate of drug-likeness (QED) is 0.661. The fourth-order valence-electron chi connectivity index (χ4n) is 3.92. The molecule has 0 aromatic heterocycles. The number of benzene rings is 3. The smallest absolute Gasteiger partial charge is 0.258 e. The van der Waals surface area contributed by atoms with Crippen LogP contribution in [0.3, 0.4) is 0 Å². The van der Waals surface area contributed by atoms with Gasteiger partial charge in [-0.05, 0) is 47.6 Å². The van der Waals surface area contributed by atoms with E-state index in [1.807, 2.05) is 78.9 Å². The second kappa shape index (κ2) is 8.93. The first-order chi connectivity index (χ1) is 14.2. The summed E-state index contributed by atoms with van der Waals surface area (Å²) in [6, 6.07) is 25.3. The lowest BCUT2D eigenvalue weighted by Gasteiger charge is -2.24. The Kier molecular flexibility index (Phi) is 5.92. The van der Waals surface area contributed by atoms with E-state index in [9.17, 15) is 9.90 Å². The van der Waals surface area contributed by atoms with Gasteiger partial charge >= 0.3 is 0 Å². The topological polar surface area (TPSA) is 58.6 Å². The van der Waals surface area contributed by atoms with Gasteiger partial charge in [-0.3, -0.25) is 4.79 Å². The van der Waals surface area contributed by atoms with E-state index in [0.717, 1.165) is 41.5 Å². The van der Waals surface area contributed by atoms with Gasteiger partial charge in [-0.25, -0.2) is 0 Å². The standard InChI is InChI=1S/C25H25NO3/c27-22-15-7-14-21-20(22)13-8-16-23(21)29-17-24(28)26-25(18-9-3-1-4-10-18)19-11-5-2-6-12-19/h1-6,8-13,16,22,25,27H,7,14-15,17H2,(H,26,28). The fraction of sp³-hybridized carbons (Fsp3) is 0.240. The van der Waals surface area contributed by atoms with Gasteiger partial charge in [-0.1, -0.05) is 72.8 Å². The molecule has 1 amide bonds. The zero-order valence-corrected chi connectivity index (χ0v) is 16.3. The molecule has 1 atom stereocenters. The summed E-state index contributed by atoms with van der Waals surface area (Å²) >= 11 is 0. The number of aliphatic hydroxyl groups excluding tert-OH is 1. The summed E-state index contributed by atoms with van der Waals surface area (Å²) in [4.78, 5) is 12.7. The van der Waals surface area contributed by atoms with Gasteiger partial charge in [-0.15, -0.1) is 0 Å². The van der Waals surface area contributed by atoms with E-state index in [0.29, 0.717) is 5.75 Å². The summed E-state index contributed by atoms with van der Waals surface area (Å²) in [7, 11) is 0. The summed E-state index contributed by atoms with van der Waals surface area (Å²) in [5.74, 6) is 0.504. The number of hydrogen-bond donors (Lipinski definition) is 2. The molecular weight excluding hydrogens is 362 g/mol. The average Bonchev–Trinajstić information content (AvgIpc) is 2.77. The molecule has 3 aromatic carbocycles. The molecule has 148 valence electrons. The highest BCUT2D eigenvalue weighted by Gasteiger charge is 2.22. The van der Waals surface area contributed by atoms with Crippen LogP contribution in [0, 0.1) is 0 Å². The van der Waals surface area contributed by atoms with Gasteiger partial charge in [0.05, 0.1) is 12.1 Å². The minimum Gasteiger partial charge on any atom is -0.483 e. The van der Waals surface area contributed by atoms with E-state index in [4.69, 9.17) is 4.74 Å². The summed E-state index contributed by atoms with van der Waals surface area (Å²) in [6.07, 6.45) is 2.11. The first kappa shape index (κ1) is 19.2. The van der Waals surface area contributed by atoms with Crippen LogP contribution in [-0.2, 0) is 11.2 Å². The van der Waals surface area contributed by atoms with Crippen molar-refractivity contribution in [1.29, 1.82) is 0 Å². The van der Waals surface area contributed by atoms with Crippen molar-refractivity contribution in [3.05, 3.63) is 101 Å². The van der Waals surface area contributed by atoms with Crippen LogP contribution in [0.25, 0.3) is 0 Å². The van der Waals surface area contributed by atoms with Crippen molar-refractivity contribution in [3.63, 3.8) is 0 Å². The molecular formula is C25H25NO3. The summed E-state index contributed by atoms with van der Waals surface area (Å²) in [5.41, 5.74) is 3.97. The minimum atomic E-state index is -0.448. The Morgan fingerprint density at radius 3 is 2.28 bits per heavy atom. The lowest BCUT2D eigenvalue weighted by molar-refractivity contribution is -0.123. The number of ether oxygens (including phenoxy) is 1. The van der Waals surface area contributed by atoms with E-state index in [1.54, 1.807) is 0 Å². The van der Waals surface area contributed by atoms with Crippen molar-refractivity contribution in [2.75, 3.05) is 6.61 Å².